The van der Waals surface area contributed by atoms with Gasteiger partial charge in [-0.1, -0.05) is 19.9 Å². The maximum atomic E-state index is 14.9. The number of benzene rings is 1. The zero-order chi connectivity index (χ0) is 51.7. The molecular weight excluding hydrogens is 977 g/mol. The van der Waals surface area contributed by atoms with E-state index in [1.165, 1.54) is 16.3 Å². The Balaban J connectivity index is 1.12. The van der Waals surface area contributed by atoms with E-state index in [2.05, 4.69) is 64.2 Å². The fourth-order valence-electron chi connectivity index (χ4n) is 11.3. The number of pyridine rings is 1. The zero-order valence-electron chi connectivity index (χ0n) is 43.2. The predicted octanol–water partition coefficient (Wildman–Crippen LogP) is 6.22. The highest BCUT2D eigenvalue weighted by atomic mass is 32.1. The molecule has 18 nitrogen and oxygen atoms in total. The third-order valence-corrected chi connectivity index (χ3v) is 16.5. The average molecular weight is 1050 g/mol. The van der Waals surface area contributed by atoms with Crippen LogP contribution in [-0.4, -0.2) is 178 Å². The fraction of sp³-hybridized carbons (Fsp3) is 0.642. The lowest BCUT2D eigenvalue weighted by Crippen LogP contribution is -2.67. The van der Waals surface area contributed by atoms with Crippen LogP contribution in [0.25, 0.3) is 33.4 Å². The molecule has 6 aliphatic heterocycles. The molecule has 0 radical (unpaired) electrons. The van der Waals surface area contributed by atoms with E-state index in [1.54, 1.807) is 12.0 Å². The van der Waals surface area contributed by atoms with Crippen molar-refractivity contribution in [2.24, 2.45) is 11.3 Å². The first kappa shape index (κ1) is 52.6. The number of esters is 1. The molecule has 0 spiro atoms. The lowest BCUT2D eigenvalue weighted by Gasteiger charge is -2.50. The zero-order valence-corrected chi connectivity index (χ0v) is 44.0. The Morgan fingerprint density at radius 3 is 2.59 bits per heavy atom. The average Bonchev–Trinajstić information content (AvgIpc) is 4.01. The molecule has 6 bridgehead atoms. The van der Waals surface area contributed by atoms with Crippen LogP contribution in [0.3, 0.4) is 0 Å². The van der Waals surface area contributed by atoms with Crippen molar-refractivity contribution in [3.05, 3.63) is 52.1 Å². The summed E-state index contributed by atoms with van der Waals surface area (Å²) in [5, 5.41) is 7.20. The summed E-state index contributed by atoms with van der Waals surface area (Å²) in [6.45, 7) is 12.7. The molecule has 4 aromatic rings. The number of aromatic nitrogens is 3. The van der Waals surface area contributed by atoms with Crippen molar-refractivity contribution in [3.8, 4) is 22.5 Å². The molecular formula is C53H71F2N9O9S. The number of cyclic esters (lactones) is 1. The van der Waals surface area contributed by atoms with E-state index in [4.69, 9.17) is 38.4 Å². The molecule has 0 saturated carbocycles. The highest BCUT2D eigenvalue weighted by Crippen LogP contribution is 2.44. The van der Waals surface area contributed by atoms with Crippen LogP contribution < -0.4 is 15.6 Å². The van der Waals surface area contributed by atoms with Gasteiger partial charge in [-0.15, -0.1) is 11.3 Å². The number of piperazine rings is 1. The topological polar surface area (TPSA) is 174 Å². The number of hydrazine groups is 1. The number of anilines is 1. The molecule has 2 N–H and O–H groups in total. The summed E-state index contributed by atoms with van der Waals surface area (Å²) in [7, 11) is 3.83. The maximum absolute atomic E-state index is 14.9. The van der Waals surface area contributed by atoms with Crippen molar-refractivity contribution in [2.75, 3.05) is 105 Å². The third kappa shape index (κ3) is 11.3. The smallest absolute Gasteiger partial charge is 0.324 e. The van der Waals surface area contributed by atoms with Gasteiger partial charge in [-0.2, -0.15) is 0 Å². The number of urea groups is 1. The Morgan fingerprint density at radius 1 is 1.03 bits per heavy atom. The molecule has 74 heavy (non-hydrogen) atoms. The third-order valence-electron chi connectivity index (χ3n) is 15.6. The number of nitrogens with zero attached hydrogens (tertiary/aromatic N) is 7. The van der Waals surface area contributed by atoms with Crippen LogP contribution in [0.1, 0.15) is 81.3 Å². The number of amides is 3. The first-order chi connectivity index (χ1) is 35.7. The highest BCUT2D eigenvalue weighted by molar-refractivity contribution is 7.10. The number of methoxy groups -OCH3 is 1. The quantitative estimate of drug-likeness (QED) is 0.153. The number of halogens is 2. The van der Waals surface area contributed by atoms with Crippen molar-refractivity contribution < 1.29 is 51.6 Å². The normalized spacial score (nSPS) is 25.6. The van der Waals surface area contributed by atoms with Crippen LogP contribution in [0, 0.1) is 11.3 Å². The standard InChI is InChI=1S/C53H71F2N9O9S/c1-32(68-5)45-38(24-35(26-56-45)61-16-14-60(4)15-17-61)47-39-25-53(2,3)31-73-51(66)40-7-6-13-64(59-40)50(65)46(58-52(67)63-27-34-28-70-21-12-42(34)63)48(72-29-44(54)55)49-57-41(30-74-49)33-8-9-43(37(39)23-33)62(47)18-22-71-36-10-19-69-20-11-36/h8-9,23-24,26,30,32,34,36,40,42,44,46,48,59H,6-7,10-22,25,27-29,31H2,1-5H3,(H,58,67)/t32-,34+,40-,42-,46-,48-/m0/s1. The Kier molecular flexibility index (Phi) is 16.2. The number of carbonyl (C=O) groups excluding carboxylic acids is 3. The molecule has 10 rings (SSSR count). The van der Waals surface area contributed by atoms with Gasteiger partial charge in [0.05, 0.1) is 61.0 Å². The monoisotopic (exact) mass is 1050 g/mol. The van der Waals surface area contributed by atoms with Gasteiger partial charge in [-0.05, 0) is 76.3 Å². The van der Waals surface area contributed by atoms with E-state index in [1.807, 2.05) is 24.6 Å². The number of likely N-dealkylation sites (N-methyl/N-ethyl adjacent to an activating group) is 1. The summed E-state index contributed by atoms with van der Waals surface area (Å²) in [6, 6.07) is 5.45. The van der Waals surface area contributed by atoms with Gasteiger partial charge in [0.15, 0.2) is 0 Å². The SMILES string of the molecule is CO[C@@H](C)c1ncc(N2CCN(C)CC2)cc1-c1c2c3cc(ccc3n1CCOC1CCOCC1)-c1csc(n1)[C@@H](OCC(F)F)[C@H](NC(=O)N1C[C@@H]3COCC[C@@H]31)C(=O)N1CCC[C@H](N1)C(=O)OCC(C)(C)C2. The Morgan fingerprint density at radius 2 is 1.82 bits per heavy atom. The summed E-state index contributed by atoms with van der Waals surface area (Å²) in [4.78, 5) is 59.9. The second-order valence-electron chi connectivity index (χ2n) is 21.4. The summed E-state index contributed by atoms with van der Waals surface area (Å²) < 4.78 is 66.9. The molecule has 21 heteroatoms. The number of thiazole rings is 1. The second kappa shape index (κ2) is 22.8. The van der Waals surface area contributed by atoms with Crippen LogP contribution in [0.2, 0.25) is 0 Å². The first-order valence-electron chi connectivity index (χ1n) is 26.3. The van der Waals surface area contributed by atoms with E-state index < -0.39 is 54.5 Å². The number of hydrogen-bond acceptors (Lipinski definition) is 15. The van der Waals surface area contributed by atoms with Crippen LogP contribution in [0.4, 0.5) is 19.3 Å². The van der Waals surface area contributed by atoms with Crippen LogP contribution >= 0.6 is 11.3 Å². The number of rotatable bonds is 12. The second-order valence-corrected chi connectivity index (χ2v) is 22.3. The minimum Gasteiger partial charge on any atom is -0.464 e. The van der Waals surface area contributed by atoms with Crippen LogP contribution in [0.5, 0.6) is 0 Å². The van der Waals surface area contributed by atoms with E-state index in [-0.39, 0.29) is 42.3 Å². The minimum atomic E-state index is -2.88. The summed E-state index contributed by atoms with van der Waals surface area (Å²) in [5.74, 6) is -1.01. The Hall–Kier alpha value is -4.87. The number of carbonyl (C=O) groups is 3. The molecule has 1 aromatic carbocycles. The summed E-state index contributed by atoms with van der Waals surface area (Å²) in [6.07, 6.45) is 0.946. The molecule has 402 valence electrons. The number of hydrogen-bond donors (Lipinski definition) is 2. The molecule has 6 aliphatic rings. The minimum absolute atomic E-state index is 0.0538. The molecule has 6 atom stereocenters. The number of nitrogens with one attached hydrogen (secondary N) is 2. The highest BCUT2D eigenvalue weighted by Gasteiger charge is 2.47. The van der Waals surface area contributed by atoms with E-state index in [0.717, 1.165) is 83.7 Å². The van der Waals surface area contributed by atoms with Crippen molar-refractivity contribution >= 4 is 45.8 Å². The van der Waals surface area contributed by atoms with Gasteiger partial charge in [-0.25, -0.2) is 24.0 Å². The van der Waals surface area contributed by atoms with Crippen molar-refractivity contribution in [2.45, 2.75) is 109 Å². The number of likely N-dealkylation sites (tertiary alicyclic amines) is 1. The Labute approximate surface area is 435 Å². The van der Waals surface area contributed by atoms with Crippen molar-refractivity contribution in [1.82, 2.24) is 40.1 Å². The van der Waals surface area contributed by atoms with E-state index >= 15 is 0 Å². The van der Waals surface area contributed by atoms with Crippen LogP contribution in [0.15, 0.2) is 35.8 Å². The lowest BCUT2D eigenvalue weighted by atomic mass is 9.84. The van der Waals surface area contributed by atoms with Crippen molar-refractivity contribution in [3.63, 3.8) is 0 Å². The van der Waals surface area contributed by atoms with Crippen molar-refractivity contribution in [1.29, 1.82) is 0 Å². The molecule has 3 aromatic heterocycles. The molecule has 0 unspecified atom stereocenters. The van der Waals surface area contributed by atoms with Gasteiger partial charge < -0.3 is 53.0 Å². The predicted molar refractivity (Wildman–Crippen MR) is 274 cm³/mol. The van der Waals surface area contributed by atoms with E-state index in [0.29, 0.717) is 77.5 Å². The van der Waals surface area contributed by atoms with Gasteiger partial charge in [0.25, 0.3) is 12.3 Å². The Bertz CT molecular complexity index is 2640. The number of fused-ring (bicyclic) bond motifs is 7. The van der Waals surface area contributed by atoms with Crippen LogP contribution in [-0.2, 0) is 51.0 Å². The van der Waals surface area contributed by atoms with Gasteiger partial charge in [-0.3, -0.25) is 19.6 Å². The molecule has 9 heterocycles. The number of ether oxygens (including phenoxy) is 6. The first-order valence-corrected chi connectivity index (χ1v) is 27.2. The van der Waals surface area contributed by atoms with Gasteiger partial charge in [0.2, 0.25) is 0 Å². The summed E-state index contributed by atoms with van der Waals surface area (Å²) >= 11 is 1.17. The van der Waals surface area contributed by atoms with Gasteiger partial charge >= 0.3 is 12.0 Å². The van der Waals surface area contributed by atoms with Gasteiger partial charge in [0, 0.05) is 118 Å². The molecule has 0 aliphatic carbocycles. The molecule has 5 fully saturated rings. The molecule has 5 saturated heterocycles. The number of alkyl halides is 2. The molecule has 3 amide bonds. The fourth-order valence-corrected chi connectivity index (χ4v) is 12.2. The summed E-state index contributed by atoms with van der Waals surface area (Å²) in [5.41, 5.74) is 9.39. The maximum Gasteiger partial charge on any atom is 0.324 e. The van der Waals surface area contributed by atoms with Gasteiger partial charge in [0.1, 0.15) is 29.8 Å². The largest absolute Gasteiger partial charge is 0.464 e. The lowest BCUT2D eigenvalue weighted by molar-refractivity contribution is -0.156. The van der Waals surface area contributed by atoms with E-state index in [9.17, 15) is 23.2 Å².